The number of hydrogen-bond acceptors (Lipinski definition) is 3. The lowest BCUT2D eigenvalue weighted by atomic mass is 10.0. The van der Waals surface area contributed by atoms with Crippen molar-refractivity contribution in [2.24, 2.45) is 0 Å². The quantitative estimate of drug-likeness (QED) is 0.150. The largest absolute Gasteiger partial charge is 0.455 e. The van der Waals surface area contributed by atoms with Gasteiger partial charge in [-0.25, -0.2) is 0 Å². The summed E-state index contributed by atoms with van der Waals surface area (Å²) in [5.74, 6) is 1.42. The number of fused-ring (bicyclic) bond motifs is 15. The van der Waals surface area contributed by atoms with E-state index in [1.54, 1.807) is 0 Å². The number of furan rings is 2. The SMILES string of the molecule is c1ccc(-c2ccc(C[n+]3[n-]c(-c4ccccc4)nc3-c3ccc(-n4c5ccccc5c5c6c(c7ccccc7n6-c6ccccc6)c6oc7ccccc7c6c54)c4oc5ccccc5c34)cc2)cc1. The van der Waals surface area contributed by atoms with E-state index in [-0.39, 0.29) is 0 Å². The zero-order valence-electron chi connectivity index (χ0n) is 37.6. The van der Waals surface area contributed by atoms with E-state index in [0.717, 1.165) is 121 Å². The highest BCUT2D eigenvalue weighted by Gasteiger charge is 2.29. The zero-order chi connectivity index (χ0) is 45.9. The van der Waals surface area contributed by atoms with Gasteiger partial charge in [-0.2, -0.15) is 0 Å². The summed E-state index contributed by atoms with van der Waals surface area (Å²) in [4.78, 5) is 5.39. The van der Waals surface area contributed by atoms with Crippen LogP contribution in [0.15, 0.2) is 233 Å². The Hall–Kier alpha value is -9.46. The Labute approximate surface area is 400 Å². The van der Waals surface area contributed by atoms with Gasteiger partial charge in [0, 0.05) is 43.6 Å². The van der Waals surface area contributed by atoms with Crippen LogP contribution in [0.2, 0.25) is 0 Å². The molecule has 0 spiro atoms. The van der Waals surface area contributed by atoms with Crippen LogP contribution < -0.4 is 9.78 Å². The predicted molar refractivity (Wildman–Crippen MR) is 283 cm³/mol. The molecule has 0 N–H and O–H groups in total. The summed E-state index contributed by atoms with van der Waals surface area (Å²) in [6.45, 7) is 0.521. The maximum atomic E-state index is 7.17. The third-order valence-corrected chi connectivity index (χ3v) is 14.1. The first-order chi connectivity index (χ1) is 34.7. The topological polar surface area (TPSA) is 67.0 Å². The van der Waals surface area contributed by atoms with Crippen LogP contribution >= 0.6 is 0 Å². The summed E-state index contributed by atoms with van der Waals surface area (Å²) in [5, 5.41) is 13.8. The molecular weight excluding hydrogens is 859 g/mol. The molecular formula is C63H39N5O2. The minimum absolute atomic E-state index is 0.521. The maximum Gasteiger partial charge on any atom is 0.160 e. The van der Waals surface area contributed by atoms with Gasteiger partial charge in [0.1, 0.15) is 29.1 Å². The van der Waals surface area contributed by atoms with Gasteiger partial charge in [0.25, 0.3) is 0 Å². The van der Waals surface area contributed by atoms with Crippen molar-refractivity contribution < 1.29 is 13.5 Å². The molecule has 0 unspecified atom stereocenters. The van der Waals surface area contributed by atoms with E-state index in [4.69, 9.17) is 18.9 Å². The lowest BCUT2D eigenvalue weighted by Gasteiger charge is -2.14. The van der Waals surface area contributed by atoms with Crippen molar-refractivity contribution in [2.45, 2.75) is 6.54 Å². The highest BCUT2D eigenvalue weighted by molar-refractivity contribution is 6.39. The molecule has 0 aliphatic carbocycles. The number of hydrogen-bond donors (Lipinski definition) is 0. The summed E-state index contributed by atoms with van der Waals surface area (Å²) in [5.41, 5.74) is 14.9. The van der Waals surface area contributed by atoms with E-state index in [0.29, 0.717) is 12.4 Å². The standard InChI is InChI=1S/C63H39N5O2/c1-4-18-40(19-5-1)41-34-32-39(33-35-41)38-66-63(64-62(65-66)42-20-6-2-7-21-42)48-36-37-51(60-54(48)46-26-12-16-30-52(46)69-60)68-50-29-15-10-24-44(50)55-58-56(61-57(59(55)68)47-27-13-17-31-53(47)70-61)45-25-11-14-28-49(45)67(58)43-22-8-3-9-23-43/h1-37H,38H2. The highest BCUT2D eigenvalue weighted by atomic mass is 16.3. The summed E-state index contributed by atoms with van der Waals surface area (Å²) in [6.07, 6.45) is 0. The molecule has 15 aromatic rings. The van der Waals surface area contributed by atoms with Crippen molar-refractivity contribution in [3.05, 3.63) is 230 Å². The lowest BCUT2D eigenvalue weighted by Crippen LogP contribution is -2.40. The van der Waals surface area contributed by atoms with Gasteiger partial charge in [-0.15, -0.1) is 0 Å². The van der Waals surface area contributed by atoms with Crippen molar-refractivity contribution in [3.8, 4) is 45.3 Å². The fourth-order valence-electron chi connectivity index (χ4n) is 11.1. The summed E-state index contributed by atoms with van der Waals surface area (Å²) >= 11 is 0. The van der Waals surface area contributed by atoms with E-state index in [1.165, 1.54) is 11.1 Å². The Balaban J connectivity index is 1.04. The molecule has 10 aromatic carbocycles. The molecule has 0 saturated carbocycles. The normalized spacial score (nSPS) is 12.1. The first-order valence-corrected chi connectivity index (χ1v) is 23.7. The van der Waals surface area contributed by atoms with Crippen molar-refractivity contribution in [3.63, 3.8) is 0 Å². The monoisotopic (exact) mass is 897 g/mol. The number of aromatic nitrogens is 5. The van der Waals surface area contributed by atoms with Crippen molar-refractivity contribution in [1.82, 2.24) is 19.2 Å². The molecule has 7 heteroatoms. The molecule has 0 aliphatic heterocycles. The van der Waals surface area contributed by atoms with Crippen LogP contribution in [-0.2, 0) is 6.54 Å². The third-order valence-electron chi connectivity index (χ3n) is 14.1. The molecule has 0 bridgehead atoms. The molecule has 0 saturated heterocycles. The van der Waals surface area contributed by atoms with Gasteiger partial charge in [-0.05, 0) is 76.6 Å². The molecule has 0 amide bonds. The van der Waals surface area contributed by atoms with Gasteiger partial charge < -0.3 is 23.0 Å². The Morgan fingerprint density at radius 1 is 0.414 bits per heavy atom. The number of nitrogens with zero attached hydrogens (tertiary/aromatic N) is 5. The summed E-state index contributed by atoms with van der Waals surface area (Å²) in [6, 6.07) is 78.9. The van der Waals surface area contributed by atoms with Gasteiger partial charge in [0.05, 0.1) is 38.5 Å². The molecule has 70 heavy (non-hydrogen) atoms. The second kappa shape index (κ2) is 15.0. The molecule has 0 aliphatic rings. The fourth-order valence-corrected chi connectivity index (χ4v) is 11.1. The fraction of sp³-hybridized carbons (Fsp3) is 0.0159. The number of para-hydroxylation sites is 5. The Bertz CT molecular complexity index is 4540. The number of rotatable bonds is 7. The lowest BCUT2D eigenvalue weighted by molar-refractivity contribution is -0.737. The summed E-state index contributed by atoms with van der Waals surface area (Å²) < 4.78 is 21.2. The second-order valence-corrected chi connectivity index (χ2v) is 18.1. The van der Waals surface area contributed by atoms with Crippen LogP contribution in [0.25, 0.3) is 133 Å². The number of benzene rings is 10. The van der Waals surface area contributed by atoms with Gasteiger partial charge in [-0.1, -0.05) is 176 Å². The van der Waals surface area contributed by atoms with Gasteiger partial charge in [-0.3, -0.25) is 9.78 Å². The highest BCUT2D eigenvalue weighted by Crippen LogP contribution is 2.50. The van der Waals surface area contributed by atoms with E-state index in [2.05, 4.69) is 208 Å². The summed E-state index contributed by atoms with van der Waals surface area (Å²) in [7, 11) is 0. The van der Waals surface area contributed by atoms with Crippen molar-refractivity contribution >= 4 is 87.5 Å². The van der Waals surface area contributed by atoms with E-state index in [9.17, 15) is 0 Å². The van der Waals surface area contributed by atoms with E-state index in [1.807, 2.05) is 30.3 Å². The molecule has 0 atom stereocenters. The van der Waals surface area contributed by atoms with Crippen molar-refractivity contribution in [1.29, 1.82) is 0 Å². The first kappa shape index (κ1) is 38.6. The molecule has 15 rings (SSSR count). The van der Waals surface area contributed by atoms with Crippen molar-refractivity contribution in [2.75, 3.05) is 0 Å². The third kappa shape index (κ3) is 5.63. The first-order valence-electron chi connectivity index (χ1n) is 23.7. The molecule has 328 valence electrons. The molecule has 5 heterocycles. The molecule has 7 nitrogen and oxygen atoms in total. The average Bonchev–Trinajstić information content (AvgIpc) is 4.26. The Morgan fingerprint density at radius 3 is 1.63 bits per heavy atom. The Morgan fingerprint density at radius 2 is 0.929 bits per heavy atom. The van der Waals surface area contributed by atoms with E-state index < -0.39 is 0 Å². The molecule has 5 aromatic heterocycles. The minimum atomic E-state index is 0.521. The van der Waals surface area contributed by atoms with Crippen LogP contribution in [0.4, 0.5) is 0 Å². The second-order valence-electron chi connectivity index (χ2n) is 18.1. The van der Waals surface area contributed by atoms with Gasteiger partial charge in [0.15, 0.2) is 5.58 Å². The zero-order valence-corrected chi connectivity index (χ0v) is 37.6. The Kier molecular flexibility index (Phi) is 8.29. The smallest absolute Gasteiger partial charge is 0.160 e. The molecule has 0 radical (unpaired) electrons. The van der Waals surface area contributed by atoms with E-state index >= 15 is 0 Å². The van der Waals surface area contributed by atoms with Gasteiger partial charge in [0.2, 0.25) is 0 Å². The predicted octanol–water partition coefficient (Wildman–Crippen LogP) is 15.4. The van der Waals surface area contributed by atoms with Crippen LogP contribution in [0.5, 0.6) is 0 Å². The van der Waals surface area contributed by atoms with Crippen LogP contribution in [0, 0.1) is 0 Å². The van der Waals surface area contributed by atoms with Gasteiger partial charge >= 0.3 is 0 Å². The van der Waals surface area contributed by atoms with Crippen LogP contribution in [0.3, 0.4) is 0 Å². The average molecular weight is 898 g/mol. The van der Waals surface area contributed by atoms with Crippen LogP contribution in [-0.4, -0.2) is 14.1 Å². The van der Waals surface area contributed by atoms with Crippen LogP contribution in [0.1, 0.15) is 5.56 Å². The molecule has 0 fully saturated rings. The minimum Gasteiger partial charge on any atom is -0.455 e. The maximum absolute atomic E-state index is 7.17.